The number of ether oxygens (including phenoxy) is 5. The zero-order valence-corrected chi connectivity index (χ0v) is 14.6. The molecule has 1 aliphatic rings. The number of amides is 1. The highest BCUT2D eigenvalue weighted by molar-refractivity contribution is 5.93. The molecule has 10 heteroatoms. The second-order valence-corrected chi connectivity index (χ2v) is 5.48. The lowest BCUT2D eigenvalue weighted by Crippen LogP contribution is -2.26. The molecule has 0 bridgehead atoms. The monoisotopic (exact) mass is 395 g/mol. The van der Waals surface area contributed by atoms with Crippen LogP contribution in [0.5, 0.6) is 23.0 Å². The van der Waals surface area contributed by atoms with Crippen molar-refractivity contribution in [2.75, 3.05) is 25.6 Å². The van der Waals surface area contributed by atoms with Crippen LogP contribution in [0.1, 0.15) is 0 Å². The van der Waals surface area contributed by atoms with Gasteiger partial charge in [-0.2, -0.15) is 0 Å². The first kappa shape index (κ1) is 19.2. The SMILES string of the molecule is COc1ccccc1OCC(=O)OCC(=O)Nc1ccc2c(c1)OC(F)(F)O2. The fourth-order valence-electron chi connectivity index (χ4n) is 2.29. The number of para-hydroxylation sites is 2. The maximum Gasteiger partial charge on any atom is 0.586 e. The smallest absolute Gasteiger partial charge is 0.493 e. The van der Waals surface area contributed by atoms with Gasteiger partial charge < -0.3 is 29.0 Å². The first-order valence-corrected chi connectivity index (χ1v) is 7.97. The molecule has 1 heterocycles. The van der Waals surface area contributed by atoms with E-state index in [4.69, 9.17) is 14.2 Å². The standard InChI is InChI=1S/C18H15F2NO7/c1-24-12-4-2-3-5-13(12)25-10-17(23)26-9-16(22)21-11-6-7-14-15(8-11)28-18(19,20)27-14/h2-8H,9-10H2,1H3,(H,21,22). The fraction of sp³-hybridized carbons (Fsp3) is 0.222. The van der Waals surface area contributed by atoms with Crippen molar-refractivity contribution in [1.29, 1.82) is 0 Å². The van der Waals surface area contributed by atoms with E-state index in [1.807, 2.05) is 0 Å². The Labute approximate surface area is 157 Å². The summed E-state index contributed by atoms with van der Waals surface area (Å²) in [6.07, 6.45) is -3.75. The van der Waals surface area contributed by atoms with E-state index in [-0.39, 0.29) is 17.2 Å². The largest absolute Gasteiger partial charge is 0.586 e. The third-order valence-electron chi connectivity index (χ3n) is 3.46. The molecule has 28 heavy (non-hydrogen) atoms. The molecule has 1 amide bonds. The summed E-state index contributed by atoms with van der Waals surface area (Å²) in [5.41, 5.74) is 0.173. The van der Waals surface area contributed by atoms with E-state index in [1.54, 1.807) is 24.3 Å². The van der Waals surface area contributed by atoms with Crippen LogP contribution in [-0.2, 0) is 14.3 Å². The van der Waals surface area contributed by atoms with Gasteiger partial charge >= 0.3 is 12.3 Å². The maximum atomic E-state index is 13.0. The molecular formula is C18H15F2NO7. The minimum absolute atomic E-state index is 0.150. The number of hydrogen-bond acceptors (Lipinski definition) is 7. The van der Waals surface area contributed by atoms with E-state index in [9.17, 15) is 18.4 Å². The lowest BCUT2D eigenvalue weighted by molar-refractivity contribution is -0.286. The third-order valence-corrected chi connectivity index (χ3v) is 3.46. The molecule has 0 fully saturated rings. The highest BCUT2D eigenvalue weighted by Gasteiger charge is 2.43. The number of hydrogen-bond donors (Lipinski definition) is 1. The maximum absolute atomic E-state index is 13.0. The number of nitrogens with one attached hydrogen (secondary N) is 1. The average Bonchev–Trinajstić information content (AvgIpc) is 2.98. The van der Waals surface area contributed by atoms with Gasteiger partial charge in [-0.05, 0) is 24.3 Å². The quantitative estimate of drug-likeness (QED) is 0.721. The molecule has 0 atom stereocenters. The van der Waals surface area contributed by atoms with Crippen LogP contribution in [0, 0.1) is 0 Å². The van der Waals surface area contributed by atoms with Gasteiger partial charge in [0.15, 0.2) is 36.2 Å². The summed E-state index contributed by atoms with van der Waals surface area (Å²) in [6.45, 7) is -1.01. The van der Waals surface area contributed by atoms with Gasteiger partial charge in [0.1, 0.15) is 0 Å². The van der Waals surface area contributed by atoms with E-state index in [0.717, 1.165) is 0 Å². The van der Waals surface area contributed by atoms with Crippen LogP contribution in [0.3, 0.4) is 0 Å². The van der Waals surface area contributed by atoms with Gasteiger partial charge in [0.25, 0.3) is 5.91 Å². The van der Waals surface area contributed by atoms with Crippen molar-refractivity contribution in [3.8, 4) is 23.0 Å². The number of halogens is 2. The summed E-state index contributed by atoms with van der Waals surface area (Å²) >= 11 is 0. The van der Waals surface area contributed by atoms with Gasteiger partial charge in [-0.15, -0.1) is 8.78 Å². The van der Waals surface area contributed by atoms with Crippen LogP contribution in [-0.4, -0.2) is 38.5 Å². The van der Waals surface area contributed by atoms with E-state index in [2.05, 4.69) is 14.8 Å². The summed E-state index contributed by atoms with van der Waals surface area (Å²) in [6, 6.07) is 10.5. The second kappa shape index (κ2) is 7.99. The van der Waals surface area contributed by atoms with E-state index < -0.39 is 31.4 Å². The molecule has 2 aromatic rings. The first-order chi connectivity index (χ1) is 13.4. The van der Waals surface area contributed by atoms with Gasteiger partial charge in [0.2, 0.25) is 0 Å². The molecule has 0 spiro atoms. The average molecular weight is 395 g/mol. The number of anilines is 1. The molecule has 8 nitrogen and oxygen atoms in total. The molecule has 0 saturated carbocycles. The number of carbonyl (C=O) groups is 2. The lowest BCUT2D eigenvalue weighted by Gasteiger charge is -2.10. The summed E-state index contributed by atoms with van der Waals surface area (Å²) in [4.78, 5) is 23.6. The van der Waals surface area contributed by atoms with Crippen LogP contribution in [0.2, 0.25) is 0 Å². The predicted molar refractivity (Wildman–Crippen MR) is 90.7 cm³/mol. The Morgan fingerprint density at radius 1 is 1.04 bits per heavy atom. The Morgan fingerprint density at radius 2 is 1.75 bits per heavy atom. The normalized spacial score (nSPS) is 13.5. The lowest BCUT2D eigenvalue weighted by atomic mass is 10.3. The van der Waals surface area contributed by atoms with Crippen LogP contribution in [0.4, 0.5) is 14.5 Å². The van der Waals surface area contributed by atoms with Crippen molar-refractivity contribution in [2.45, 2.75) is 6.29 Å². The Balaban J connectivity index is 1.45. The van der Waals surface area contributed by atoms with Crippen LogP contribution >= 0.6 is 0 Å². The third kappa shape index (κ3) is 4.78. The summed E-state index contributed by atoms with van der Waals surface area (Å²) in [7, 11) is 1.46. The molecule has 0 aromatic heterocycles. The Bertz CT molecular complexity index is 888. The molecule has 0 saturated heterocycles. The number of carbonyl (C=O) groups excluding carboxylic acids is 2. The number of alkyl halides is 2. The van der Waals surface area contributed by atoms with Crippen molar-refractivity contribution in [2.24, 2.45) is 0 Å². The van der Waals surface area contributed by atoms with Gasteiger partial charge in [0, 0.05) is 11.8 Å². The number of benzene rings is 2. The Hall–Kier alpha value is -3.56. The highest BCUT2D eigenvalue weighted by atomic mass is 19.3. The summed E-state index contributed by atoms with van der Waals surface area (Å²) < 4.78 is 49.7. The molecule has 1 aliphatic heterocycles. The molecule has 0 radical (unpaired) electrons. The molecular weight excluding hydrogens is 380 g/mol. The van der Waals surface area contributed by atoms with E-state index in [0.29, 0.717) is 11.5 Å². The summed E-state index contributed by atoms with van der Waals surface area (Å²) in [5, 5.41) is 2.39. The van der Waals surface area contributed by atoms with Crippen LogP contribution < -0.4 is 24.3 Å². The molecule has 2 aromatic carbocycles. The van der Waals surface area contributed by atoms with Crippen LogP contribution in [0.15, 0.2) is 42.5 Å². The molecule has 3 rings (SSSR count). The van der Waals surface area contributed by atoms with Crippen molar-refractivity contribution < 1.29 is 42.1 Å². The fourth-order valence-corrected chi connectivity index (χ4v) is 2.29. The van der Waals surface area contributed by atoms with E-state index in [1.165, 1.54) is 25.3 Å². The predicted octanol–water partition coefficient (Wildman–Crippen LogP) is 2.58. The minimum Gasteiger partial charge on any atom is -0.493 e. The number of fused-ring (bicyclic) bond motifs is 1. The zero-order chi connectivity index (χ0) is 20.1. The van der Waals surface area contributed by atoms with Crippen molar-refractivity contribution in [3.63, 3.8) is 0 Å². The Morgan fingerprint density at radius 3 is 2.50 bits per heavy atom. The molecule has 148 valence electrons. The van der Waals surface area contributed by atoms with Gasteiger partial charge in [-0.3, -0.25) is 4.79 Å². The topological polar surface area (TPSA) is 92.3 Å². The number of esters is 1. The van der Waals surface area contributed by atoms with Gasteiger partial charge in [-0.1, -0.05) is 12.1 Å². The molecule has 0 aliphatic carbocycles. The summed E-state index contributed by atoms with van der Waals surface area (Å²) in [5.74, 6) is -1.01. The van der Waals surface area contributed by atoms with Crippen molar-refractivity contribution in [3.05, 3.63) is 42.5 Å². The Kier molecular flexibility index (Phi) is 5.48. The zero-order valence-electron chi connectivity index (χ0n) is 14.6. The molecule has 1 N–H and O–H groups in total. The van der Waals surface area contributed by atoms with Gasteiger partial charge in [0.05, 0.1) is 7.11 Å². The van der Waals surface area contributed by atoms with Crippen LogP contribution in [0.25, 0.3) is 0 Å². The highest BCUT2D eigenvalue weighted by Crippen LogP contribution is 2.42. The first-order valence-electron chi connectivity index (χ1n) is 7.97. The number of methoxy groups -OCH3 is 1. The second-order valence-electron chi connectivity index (χ2n) is 5.48. The van der Waals surface area contributed by atoms with Gasteiger partial charge in [-0.25, -0.2) is 4.79 Å². The van der Waals surface area contributed by atoms with E-state index >= 15 is 0 Å². The molecule has 0 unspecified atom stereocenters. The minimum atomic E-state index is -3.75. The number of rotatable bonds is 7. The van der Waals surface area contributed by atoms with Crippen molar-refractivity contribution in [1.82, 2.24) is 0 Å². The van der Waals surface area contributed by atoms with Crippen molar-refractivity contribution >= 4 is 17.6 Å².